The smallest absolute Gasteiger partial charge is 0.255 e. The topological polar surface area (TPSA) is 91.7 Å². The normalized spacial score (nSPS) is 11.6. The highest BCUT2D eigenvalue weighted by molar-refractivity contribution is 7.88. The number of halogens is 1. The Balaban J connectivity index is 1.92. The van der Waals surface area contributed by atoms with Crippen molar-refractivity contribution in [3.8, 4) is 22.5 Å². The Morgan fingerprint density at radius 2 is 1.80 bits per heavy atom. The van der Waals surface area contributed by atoms with Gasteiger partial charge in [0.05, 0.1) is 17.5 Å². The van der Waals surface area contributed by atoms with Crippen LogP contribution in [0.15, 0.2) is 65.1 Å². The lowest BCUT2D eigenvalue weighted by molar-refractivity contribution is 0.0964. The van der Waals surface area contributed by atoms with Gasteiger partial charge in [0.2, 0.25) is 10.0 Å². The number of sulfonamides is 1. The van der Waals surface area contributed by atoms with Crippen LogP contribution in [0.1, 0.15) is 15.9 Å². The fourth-order valence-electron chi connectivity index (χ4n) is 3.85. The average molecular weight is 514 g/mol. The molecule has 1 amide bonds. The Morgan fingerprint density at radius 3 is 2.43 bits per heavy atom. The second-order valence-electron chi connectivity index (χ2n) is 8.07. The van der Waals surface area contributed by atoms with E-state index in [0.29, 0.717) is 27.9 Å². The molecule has 4 aromatic rings. The van der Waals surface area contributed by atoms with E-state index < -0.39 is 15.8 Å². The number of nitrogens with zero attached hydrogens (tertiary/aromatic N) is 1. The van der Waals surface area contributed by atoms with E-state index in [9.17, 15) is 17.6 Å². The highest BCUT2D eigenvalue weighted by atomic mass is 32.2. The summed E-state index contributed by atoms with van der Waals surface area (Å²) in [5.41, 5.74) is 4.44. The molecule has 182 valence electrons. The minimum atomic E-state index is -3.35. The van der Waals surface area contributed by atoms with E-state index in [1.165, 1.54) is 19.2 Å². The molecule has 3 aromatic carbocycles. The van der Waals surface area contributed by atoms with Gasteiger partial charge in [0.15, 0.2) is 0 Å². The molecule has 4 rings (SSSR count). The fourth-order valence-corrected chi connectivity index (χ4v) is 4.44. The van der Waals surface area contributed by atoms with Gasteiger partial charge in [0, 0.05) is 43.2 Å². The summed E-state index contributed by atoms with van der Waals surface area (Å²) in [5.74, 6) is -0.402. The van der Waals surface area contributed by atoms with E-state index in [-0.39, 0.29) is 12.5 Å². The minimum absolute atomic E-state index is 0.144. The monoisotopic (exact) mass is 513 g/mol. The second kappa shape index (κ2) is 9.73. The number of carbonyl (C=O) groups is 1. The van der Waals surface area contributed by atoms with Gasteiger partial charge in [0.25, 0.3) is 5.91 Å². The van der Waals surface area contributed by atoms with Crippen LogP contribution in [0.2, 0.25) is 0 Å². The SMILES string of the molecule is CNC(=O)c1c(-c2ccc(F)cc2)oc2cc(N(C)S)c(-c3cccc(CNS(C)(=O)=O)c3)cc12. The molecule has 0 saturated heterocycles. The molecule has 1 aromatic heterocycles. The van der Waals surface area contributed by atoms with Crippen LogP contribution < -0.4 is 14.3 Å². The number of hydrogen-bond donors (Lipinski definition) is 3. The van der Waals surface area contributed by atoms with Gasteiger partial charge < -0.3 is 14.0 Å². The number of benzene rings is 3. The van der Waals surface area contributed by atoms with Crippen molar-refractivity contribution in [2.45, 2.75) is 6.54 Å². The molecule has 0 unspecified atom stereocenters. The first kappa shape index (κ1) is 24.8. The van der Waals surface area contributed by atoms with E-state index in [0.717, 1.165) is 28.6 Å². The Morgan fingerprint density at radius 1 is 1.09 bits per heavy atom. The summed E-state index contributed by atoms with van der Waals surface area (Å²) in [7, 11) is -0.0428. The Hall–Kier alpha value is -3.34. The summed E-state index contributed by atoms with van der Waals surface area (Å²) < 4.78 is 46.8. The van der Waals surface area contributed by atoms with Crippen LogP contribution in [0, 0.1) is 5.82 Å². The third-order valence-corrected chi connectivity index (χ3v) is 6.38. The fraction of sp³-hybridized carbons (Fsp3) is 0.160. The summed E-state index contributed by atoms with van der Waals surface area (Å²) in [5, 5.41) is 3.23. The van der Waals surface area contributed by atoms with Crippen molar-refractivity contribution < 1.29 is 22.0 Å². The molecular weight excluding hydrogens is 489 g/mol. The van der Waals surface area contributed by atoms with Gasteiger partial charge in [-0.15, -0.1) is 0 Å². The molecule has 0 bridgehead atoms. The van der Waals surface area contributed by atoms with Gasteiger partial charge in [-0.2, -0.15) is 0 Å². The lowest BCUT2D eigenvalue weighted by Gasteiger charge is -2.17. The maximum absolute atomic E-state index is 13.5. The van der Waals surface area contributed by atoms with E-state index in [4.69, 9.17) is 4.42 Å². The zero-order valence-corrected chi connectivity index (χ0v) is 21.0. The number of thiol groups is 1. The van der Waals surface area contributed by atoms with Crippen LogP contribution in [0.4, 0.5) is 10.1 Å². The van der Waals surface area contributed by atoms with Gasteiger partial charge in [-0.25, -0.2) is 17.5 Å². The maximum atomic E-state index is 13.5. The number of rotatable bonds is 7. The molecular formula is C25H24FN3O4S2. The van der Waals surface area contributed by atoms with Crippen molar-refractivity contribution in [1.29, 1.82) is 0 Å². The van der Waals surface area contributed by atoms with E-state index in [1.54, 1.807) is 29.6 Å². The first-order chi connectivity index (χ1) is 16.6. The molecule has 0 spiro atoms. The largest absolute Gasteiger partial charge is 0.455 e. The Kier molecular flexibility index (Phi) is 6.88. The van der Waals surface area contributed by atoms with Crippen LogP contribution in [0.5, 0.6) is 0 Å². The number of carbonyl (C=O) groups excluding carboxylic acids is 1. The predicted octanol–water partition coefficient (Wildman–Crippen LogP) is 4.60. The average Bonchev–Trinajstić information content (AvgIpc) is 3.20. The minimum Gasteiger partial charge on any atom is -0.455 e. The predicted molar refractivity (Wildman–Crippen MR) is 140 cm³/mol. The number of fused-ring (bicyclic) bond motifs is 1. The first-order valence-corrected chi connectivity index (χ1v) is 12.9. The molecule has 1 heterocycles. The number of hydrogen-bond acceptors (Lipinski definition) is 6. The van der Waals surface area contributed by atoms with Crippen molar-refractivity contribution in [1.82, 2.24) is 10.0 Å². The summed E-state index contributed by atoms with van der Waals surface area (Å²) >= 11 is 4.49. The van der Waals surface area contributed by atoms with Crippen LogP contribution in [-0.4, -0.2) is 34.7 Å². The molecule has 0 aliphatic rings. The van der Waals surface area contributed by atoms with Crippen molar-refractivity contribution in [3.63, 3.8) is 0 Å². The lowest BCUT2D eigenvalue weighted by Crippen LogP contribution is -2.21. The second-order valence-corrected chi connectivity index (χ2v) is 10.5. The van der Waals surface area contributed by atoms with Crippen molar-refractivity contribution >= 4 is 45.4 Å². The Bertz CT molecular complexity index is 1510. The molecule has 0 saturated carbocycles. The van der Waals surface area contributed by atoms with Crippen LogP contribution in [0.3, 0.4) is 0 Å². The molecule has 0 radical (unpaired) electrons. The van der Waals surface area contributed by atoms with E-state index >= 15 is 0 Å². The zero-order valence-electron chi connectivity index (χ0n) is 19.3. The molecule has 0 aliphatic heterocycles. The van der Waals surface area contributed by atoms with Gasteiger partial charge in [-0.1, -0.05) is 31.0 Å². The molecule has 0 aliphatic carbocycles. The van der Waals surface area contributed by atoms with Crippen molar-refractivity contribution in [2.24, 2.45) is 0 Å². The van der Waals surface area contributed by atoms with Gasteiger partial charge in [-0.05, 0) is 47.5 Å². The number of amides is 1. The number of anilines is 1. The molecule has 0 fully saturated rings. The van der Waals surface area contributed by atoms with Gasteiger partial charge >= 0.3 is 0 Å². The molecule has 10 heteroatoms. The molecule has 7 nitrogen and oxygen atoms in total. The molecule has 0 atom stereocenters. The van der Waals surface area contributed by atoms with Crippen molar-refractivity contribution in [2.75, 3.05) is 24.7 Å². The van der Waals surface area contributed by atoms with Crippen LogP contribution >= 0.6 is 12.8 Å². The standard InChI is InChI=1S/C25H24FN3O4S2/c1-27-25(30)23-20-12-19(17-6-4-5-15(11-17)14-28-35(3,31)32)21(29(2)34)13-22(20)33-24(23)16-7-9-18(26)10-8-16/h4-13,28,34H,14H2,1-3H3,(H,27,30). The lowest BCUT2D eigenvalue weighted by atomic mass is 9.97. The van der Waals surface area contributed by atoms with E-state index in [2.05, 4.69) is 22.9 Å². The summed E-state index contributed by atoms with van der Waals surface area (Å²) in [6.45, 7) is 0.144. The van der Waals surface area contributed by atoms with Gasteiger partial charge in [-0.3, -0.25) is 4.79 Å². The molecule has 2 N–H and O–H groups in total. The maximum Gasteiger partial charge on any atom is 0.255 e. The highest BCUT2D eigenvalue weighted by Crippen LogP contribution is 2.41. The summed E-state index contributed by atoms with van der Waals surface area (Å²) in [4.78, 5) is 12.9. The van der Waals surface area contributed by atoms with Crippen LogP contribution in [-0.2, 0) is 16.6 Å². The number of furan rings is 1. The quantitative estimate of drug-likeness (QED) is 0.314. The van der Waals surface area contributed by atoms with E-state index in [1.807, 2.05) is 30.3 Å². The number of nitrogens with one attached hydrogen (secondary N) is 2. The summed E-state index contributed by atoms with van der Waals surface area (Å²) in [6, 6.07) is 16.8. The third kappa shape index (κ3) is 5.34. The zero-order chi connectivity index (χ0) is 25.3. The van der Waals surface area contributed by atoms with Crippen molar-refractivity contribution in [3.05, 3.63) is 77.6 Å². The highest BCUT2D eigenvalue weighted by Gasteiger charge is 2.24. The Labute approximate surface area is 208 Å². The first-order valence-electron chi connectivity index (χ1n) is 10.6. The van der Waals surface area contributed by atoms with Gasteiger partial charge in [0.1, 0.15) is 17.2 Å². The van der Waals surface area contributed by atoms with Crippen LogP contribution in [0.25, 0.3) is 33.4 Å². The summed E-state index contributed by atoms with van der Waals surface area (Å²) in [6.07, 6.45) is 1.11. The molecule has 35 heavy (non-hydrogen) atoms. The third-order valence-electron chi connectivity index (χ3n) is 5.49.